The molecule has 2 aliphatic rings. The average molecular weight is 541 g/mol. The van der Waals surface area contributed by atoms with Gasteiger partial charge in [0, 0.05) is 13.1 Å². The molecular weight excluding hydrogens is 506 g/mol. The molecule has 10 heteroatoms. The summed E-state index contributed by atoms with van der Waals surface area (Å²) in [6, 6.07) is 10.3. The SMILES string of the molecule is CC(C)(F)CN1CCC(COc2ccc(-c3cccc(F)c3C(=O)NC(=O)[C@@H]3C[C@@H](O)CN3)cc2C#N)CC1. The van der Waals surface area contributed by atoms with Gasteiger partial charge in [0.05, 0.1) is 29.9 Å². The van der Waals surface area contributed by atoms with Gasteiger partial charge in [-0.05, 0) is 81.4 Å². The first kappa shape index (κ1) is 28.6. The number of ether oxygens (including phenoxy) is 1. The molecule has 2 heterocycles. The topological polar surface area (TPSA) is 115 Å². The monoisotopic (exact) mass is 540 g/mol. The van der Waals surface area contributed by atoms with Crippen LogP contribution in [0.1, 0.15) is 49.0 Å². The molecule has 4 rings (SSSR count). The predicted molar refractivity (Wildman–Crippen MR) is 141 cm³/mol. The summed E-state index contributed by atoms with van der Waals surface area (Å²) in [5.41, 5.74) is -0.662. The largest absolute Gasteiger partial charge is 0.492 e. The molecule has 3 N–H and O–H groups in total. The van der Waals surface area contributed by atoms with E-state index >= 15 is 0 Å². The maximum Gasteiger partial charge on any atom is 0.261 e. The lowest BCUT2D eigenvalue weighted by molar-refractivity contribution is -0.121. The number of hydrogen-bond donors (Lipinski definition) is 3. The van der Waals surface area contributed by atoms with Gasteiger partial charge in [-0.1, -0.05) is 18.2 Å². The molecule has 2 aliphatic heterocycles. The number of amides is 2. The van der Waals surface area contributed by atoms with Crippen molar-refractivity contribution >= 4 is 11.8 Å². The number of likely N-dealkylation sites (tertiary alicyclic amines) is 1. The van der Waals surface area contributed by atoms with Crippen molar-refractivity contribution in [3.63, 3.8) is 0 Å². The van der Waals surface area contributed by atoms with E-state index in [0.29, 0.717) is 24.5 Å². The number of nitrogens with one attached hydrogen (secondary N) is 2. The fourth-order valence-electron chi connectivity index (χ4n) is 5.14. The number of nitrogens with zero attached hydrogens (tertiary/aromatic N) is 2. The Balaban J connectivity index is 1.44. The second-order valence-electron chi connectivity index (χ2n) is 10.9. The molecule has 0 radical (unpaired) electrons. The number of hydrogen-bond acceptors (Lipinski definition) is 7. The van der Waals surface area contributed by atoms with Crippen LogP contribution in [-0.4, -0.2) is 72.4 Å². The minimum absolute atomic E-state index is 0.158. The van der Waals surface area contributed by atoms with Crippen molar-refractivity contribution < 1.29 is 28.2 Å². The van der Waals surface area contributed by atoms with Crippen molar-refractivity contribution in [1.82, 2.24) is 15.5 Å². The lowest BCUT2D eigenvalue weighted by Gasteiger charge is -2.34. The second kappa shape index (κ2) is 12.2. The van der Waals surface area contributed by atoms with Gasteiger partial charge in [0.15, 0.2) is 0 Å². The summed E-state index contributed by atoms with van der Waals surface area (Å²) in [6.07, 6.45) is 1.20. The third-order valence-corrected chi connectivity index (χ3v) is 7.09. The van der Waals surface area contributed by atoms with E-state index in [4.69, 9.17) is 4.74 Å². The average Bonchev–Trinajstić information content (AvgIpc) is 3.33. The Morgan fingerprint density at radius 3 is 2.64 bits per heavy atom. The van der Waals surface area contributed by atoms with Gasteiger partial charge in [0.1, 0.15) is 23.3 Å². The summed E-state index contributed by atoms with van der Waals surface area (Å²) in [5, 5.41) is 24.4. The van der Waals surface area contributed by atoms with E-state index in [1.165, 1.54) is 12.1 Å². The molecule has 0 aliphatic carbocycles. The fourth-order valence-corrected chi connectivity index (χ4v) is 5.14. The van der Waals surface area contributed by atoms with Gasteiger partial charge >= 0.3 is 0 Å². The molecule has 2 saturated heterocycles. The summed E-state index contributed by atoms with van der Waals surface area (Å²) in [6.45, 7) is 5.78. The molecule has 8 nitrogen and oxygen atoms in total. The Bertz CT molecular complexity index is 1250. The Labute approximate surface area is 226 Å². The van der Waals surface area contributed by atoms with Crippen LogP contribution < -0.4 is 15.4 Å². The maximum absolute atomic E-state index is 14.8. The van der Waals surface area contributed by atoms with E-state index < -0.39 is 35.4 Å². The van der Waals surface area contributed by atoms with Crippen LogP contribution in [-0.2, 0) is 4.79 Å². The van der Waals surface area contributed by atoms with Crippen LogP contribution in [0, 0.1) is 23.1 Å². The van der Waals surface area contributed by atoms with Crippen LogP contribution >= 0.6 is 0 Å². The molecule has 208 valence electrons. The molecule has 2 aromatic carbocycles. The zero-order valence-corrected chi connectivity index (χ0v) is 22.2. The van der Waals surface area contributed by atoms with Crippen molar-refractivity contribution in [2.45, 2.75) is 50.9 Å². The number of aliphatic hydroxyl groups excluding tert-OH is 1. The molecular formula is C29H34F2N4O4. The highest BCUT2D eigenvalue weighted by Crippen LogP contribution is 2.31. The Kier molecular flexibility index (Phi) is 8.95. The first-order chi connectivity index (χ1) is 18.5. The molecule has 0 spiro atoms. The summed E-state index contributed by atoms with van der Waals surface area (Å²) < 4.78 is 34.8. The van der Waals surface area contributed by atoms with E-state index in [1.54, 1.807) is 32.0 Å². The van der Waals surface area contributed by atoms with Gasteiger partial charge in [0.25, 0.3) is 5.91 Å². The van der Waals surface area contributed by atoms with Crippen molar-refractivity contribution in [3.05, 3.63) is 53.3 Å². The number of aliphatic hydroxyl groups is 1. The zero-order valence-electron chi connectivity index (χ0n) is 22.2. The summed E-state index contributed by atoms with van der Waals surface area (Å²) in [4.78, 5) is 27.5. The number of alkyl halides is 1. The lowest BCUT2D eigenvalue weighted by atomic mass is 9.96. The summed E-state index contributed by atoms with van der Waals surface area (Å²) in [5.74, 6) is -1.69. The van der Waals surface area contributed by atoms with Crippen LogP contribution in [0.5, 0.6) is 5.75 Å². The van der Waals surface area contributed by atoms with Crippen molar-refractivity contribution in [3.8, 4) is 22.9 Å². The van der Waals surface area contributed by atoms with Crippen molar-refractivity contribution in [2.75, 3.05) is 32.8 Å². The number of β-amino-alcohol motifs (C(OH)–C–C–N with tert-alkyl or cyclic N) is 1. The minimum Gasteiger partial charge on any atom is -0.492 e. The van der Waals surface area contributed by atoms with E-state index in [-0.39, 0.29) is 35.6 Å². The summed E-state index contributed by atoms with van der Waals surface area (Å²) >= 11 is 0. The number of halogens is 2. The zero-order chi connectivity index (χ0) is 28.2. The highest BCUT2D eigenvalue weighted by molar-refractivity contribution is 6.09. The molecule has 0 aromatic heterocycles. The van der Waals surface area contributed by atoms with Gasteiger partial charge in [-0.15, -0.1) is 0 Å². The number of carbonyl (C=O) groups is 2. The number of nitriles is 1. The van der Waals surface area contributed by atoms with E-state index in [1.807, 2.05) is 0 Å². The van der Waals surface area contributed by atoms with Crippen molar-refractivity contribution in [1.29, 1.82) is 5.26 Å². The third kappa shape index (κ3) is 7.38. The fraction of sp³-hybridized carbons (Fsp3) is 0.483. The second-order valence-corrected chi connectivity index (χ2v) is 10.9. The van der Waals surface area contributed by atoms with E-state index in [9.17, 15) is 28.7 Å². The summed E-state index contributed by atoms with van der Waals surface area (Å²) in [7, 11) is 0. The molecule has 0 unspecified atom stereocenters. The van der Waals surface area contributed by atoms with Gasteiger partial charge in [-0.3, -0.25) is 14.9 Å². The minimum atomic E-state index is -1.23. The Morgan fingerprint density at radius 1 is 1.26 bits per heavy atom. The van der Waals surface area contributed by atoms with Gasteiger partial charge in [0.2, 0.25) is 5.91 Å². The van der Waals surface area contributed by atoms with Gasteiger partial charge in [-0.25, -0.2) is 8.78 Å². The highest BCUT2D eigenvalue weighted by atomic mass is 19.1. The normalized spacial score (nSPS) is 20.4. The standard InChI is InChI=1S/C29H34F2N4O4/c1-29(2,31)17-35-10-8-18(9-11-35)16-39-25-7-6-19(12-20(25)14-32)22-4-3-5-23(30)26(22)28(38)34-27(37)24-13-21(36)15-33-24/h3-7,12,18,21,24,33,36H,8-11,13,15-17H2,1-2H3,(H,34,37,38)/t21-,24+/m1/s1. The molecule has 0 bridgehead atoms. The Morgan fingerprint density at radius 2 is 2.00 bits per heavy atom. The number of rotatable bonds is 8. The lowest BCUT2D eigenvalue weighted by Crippen LogP contribution is -2.43. The van der Waals surface area contributed by atoms with Crippen LogP contribution in [0.15, 0.2) is 36.4 Å². The molecule has 0 saturated carbocycles. The third-order valence-electron chi connectivity index (χ3n) is 7.09. The molecule has 2 fully saturated rings. The van der Waals surface area contributed by atoms with Crippen LogP contribution in [0.3, 0.4) is 0 Å². The van der Waals surface area contributed by atoms with E-state index in [2.05, 4.69) is 21.6 Å². The first-order valence-electron chi connectivity index (χ1n) is 13.2. The van der Waals surface area contributed by atoms with Gasteiger partial charge < -0.3 is 20.1 Å². The van der Waals surface area contributed by atoms with Crippen molar-refractivity contribution in [2.24, 2.45) is 5.92 Å². The number of imide groups is 1. The predicted octanol–water partition coefficient (Wildman–Crippen LogP) is 3.18. The number of carbonyl (C=O) groups excluding carboxylic acids is 2. The molecule has 2 aromatic rings. The maximum atomic E-state index is 14.8. The van der Waals surface area contributed by atoms with Crippen LogP contribution in [0.4, 0.5) is 8.78 Å². The number of benzene rings is 2. The highest BCUT2D eigenvalue weighted by Gasteiger charge is 2.30. The molecule has 2 amide bonds. The van der Waals surface area contributed by atoms with E-state index in [0.717, 1.165) is 32.0 Å². The van der Waals surface area contributed by atoms with Gasteiger partial charge in [-0.2, -0.15) is 5.26 Å². The molecule has 39 heavy (non-hydrogen) atoms. The quantitative estimate of drug-likeness (QED) is 0.441. The van der Waals surface area contributed by atoms with Crippen LogP contribution in [0.25, 0.3) is 11.1 Å². The number of piperidine rings is 1. The Hall–Kier alpha value is -3.39. The van der Waals surface area contributed by atoms with Crippen LogP contribution in [0.2, 0.25) is 0 Å². The molecule has 2 atom stereocenters. The smallest absolute Gasteiger partial charge is 0.261 e. The first-order valence-corrected chi connectivity index (χ1v) is 13.2.